The average Bonchev–Trinajstić information content (AvgIpc) is 3.00. The lowest BCUT2D eigenvalue weighted by Crippen LogP contribution is -2.14. The summed E-state index contributed by atoms with van der Waals surface area (Å²) in [5, 5.41) is 0. The van der Waals surface area contributed by atoms with Crippen LogP contribution in [0.4, 0.5) is 17.1 Å². The molecule has 5 aromatic rings. The third-order valence-electron chi connectivity index (χ3n) is 7.96. The maximum atomic E-state index is 2.45. The minimum absolute atomic E-state index is 0.435. The summed E-state index contributed by atoms with van der Waals surface area (Å²) >= 11 is 0. The van der Waals surface area contributed by atoms with Crippen molar-refractivity contribution in [1.29, 1.82) is 0 Å². The molecule has 0 aliphatic heterocycles. The van der Waals surface area contributed by atoms with E-state index in [-0.39, 0.29) is 0 Å². The normalized spacial score (nSPS) is 14.3. The number of rotatable bonds is 6. The van der Waals surface area contributed by atoms with Gasteiger partial charge in [0.2, 0.25) is 0 Å². The average molecular weight is 518 g/mol. The molecule has 5 aromatic carbocycles. The van der Waals surface area contributed by atoms with Crippen molar-refractivity contribution in [2.45, 2.75) is 33.1 Å². The molecule has 1 aliphatic carbocycles. The van der Waals surface area contributed by atoms with E-state index in [1.165, 1.54) is 61.6 Å². The summed E-state index contributed by atoms with van der Waals surface area (Å²) in [5.41, 5.74) is 13.7. The number of hydrogen-bond acceptors (Lipinski definition) is 1. The number of aryl methyl sites for hydroxylation is 3. The quantitative estimate of drug-likeness (QED) is 0.216. The monoisotopic (exact) mass is 517 g/mol. The van der Waals surface area contributed by atoms with Crippen LogP contribution in [-0.2, 0) is 0 Å². The molecule has 0 fully saturated rings. The number of allylic oxidation sites excluding steroid dienone is 4. The van der Waals surface area contributed by atoms with Crippen LogP contribution in [0.25, 0.3) is 22.3 Å². The van der Waals surface area contributed by atoms with Gasteiger partial charge in [0.05, 0.1) is 0 Å². The van der Waals surface area contributed by atoms with Crippen LogP contribution >= 0.6 is 0 Å². The summed E-state index contributed by atoms with van der Waals surface area (Å²) in [6, 6.07) is 41.9. The molecule has 0 saturated heterocycles. The van der Waals surface area contributed by atoms with Crippen molar-refractivity contribution in [3.05, 3.63) is 162 Å². The molecule has 1 heteroatoms. The summed E-state index contributed by atoms with van der Waals surface area (Å²) in [6.45, 7) is 6.70. The van der Waals surface area contributed by atoms with Crippen LogP contribution in [0.3, 0.4) is 0 Å². The number of hydrogen-bond donors (Lipinski definition) is 0. The van der Waals surface area contributed by atoms with Crippen molar-refractivity contribution in [2.24, 2.45) is 0 Å². The fraction of sp³-hybridized carbons (Fsp3) is 0.128. The van der Waals surface area contributed by atoms with Crippen molar-refractivity contribution in [1.82, 2.24) is 0 Å². The second-order valence-corrected chi connectivity index (χ2v) is 10.8. The van der Waals surface area contributed by atoms with Crippen LogP contribution in [-0.4, -0.2) is 0 Å². The molecule has 1 atom stereocenters. The Kier molecular flexibility index (Phi) is 7.21. The van der Waals surface area contributed by atoms with Crippen LogP contribution < -0.4 is 4.90 Å². The number of nitrogens with zero attached hydrogens (tertiary/aromatic N) is 1. The topological polar surface area (TPSA) is 3.24 Å². The second kappa shape index (κ2) is 11.2. The lowest BCUT2D eigenvalue weighted by molar-refractivity contribution is 0.852. The summed E-state index contributed by atoms with van der Waals surface area (Å²) in [6.07, 6.45) is 9.93. The Morgan fingerprint density at radius 1 is 0.500 bits per heavy atom. The Morgan fingerprint density at radius 2 is 1.00 bits per heavy atom. The van der Waals surface area contributed by atoms with E-state index in [1.54, 1.807) is 0 Å². The molecule has 0 spiro atoms. The number of anilines is 3. The van der Waals surface area contributed by atoms with E-state index in [1.807, 2.05) is 0 Å². The van der Waals surface area contributed by atoms with E-state index >= 15 is 0 Å². The van der Waals surface area contributed by atoms with Gasteiger partial charge in [-0.3, -0.25) is 0 Å². The Morgan fingerprint density at radius 3 is 1.45 bits per heavy atom. The van der Waals surface area contributed by atoms with Crippen LogP contribution in [0.5, 0.6) is 0 Å². The molecule has 0 radical (unpaired) electrons. The predicted molar refractivity (Wildman–Crippen MR) is 172 cm³/mol. The van der Waals surface area contributed by atoms with Crippen LogP contribution in [0, 0.1) is 20.8 Å². The third kappa shape index (κ3) is 5.16. The molecule has 0 heterocycles. The van der Waals surface area contributed by atoms with Crippen LogP contribution in [0.1, 0.15) is 34.6 Å². The zero-order chi connectivity index (χ0) is 27.5. The lowest BCUT2D eigenvalue weighted by Gasteiger charge is -2.31. The summed E-state index contributed by atoms with van der Waals surface area (Å²) in [7, 11) is 0. The van der Waals surface area contributed by atoms with Gasteiger partial charge in [0, 0.05) is 23.0 Å². The third-order valence-corrected chi connectivity index (χ3v) is 7.96. The fourth-order valence-electron chi connectivity index (χ4n) is 5.81. The second-order valence-electron chi connectivity index (χ2n) is 10.8. The summed E-state index contributed by atoms with van der Waals surface area (Å²) in [4.78, 5) is 2.45. The van der Waals surface area contributed by atoms with Gasteiger partial charge < -0.3 is 4.90 Å². The molecule has 1 aliphatic rings. The fourth-order valence-corrected chi connectivity index (χ4v) is 5.81. The summed E-state index contributed by atoms with van der Waals surface area (Å²) in [5.74, 6) is 0.435. The van der Waals surface area contributed by atoms with Gasteiger partial charge in [-0.15, -0.1) is 0 Å². The predicted octanol–water partition coefficient (Wildman–Crippen LogP) is 11.0. The van der Waals surface area contributed by atoms with Crippen molar-refractivity contribution in [2.75, 3.05) is 4.90 Å². The minimum Gasteiger partial charge on any atom is -0.310 e. The number of benzene rings is 5. The van der Waals surface area contributed by atoms with Crippen molar-refractivity contribution in [3.8, 4) is 22.3 Å². The first-order valence-electron chi connectivity index (χ1n) is 14.1. The van der Waals surface area contributed by atoms with Gasteiger partial charge >= 0.3 is 0 Å². The van der Waals surface area contributed by atoms with Gasteiger partial charge in [0.15, 0.2) is 0 Å². The van der Waals surface area contributed by atoms with Gasteiger partial charge in [-0.05, 0) is 102 Å². The molecule has 0 N–H and O–H groups in total. The van der Waals surface area contributed by atoms with Crippen LogP contribution in [0.15, 0.2) is 140 Å². The zero-order valence-corrected chi connectivity index (χ0v) is 23.5. The minimum atomic E-state index is 0.435. The van der Waals surface area contributed by atoms with Crippen molar-refractivity contribution >= 4 is 17.1 Å². The molecule has 6 rings (SSSR count). The molecule has 196 valence electrons. The largest absolute Gasteiger partial charge is 0.310 e. The molecule has 40 heavy (non-hydrogen) atoms. The molecule has 0 amide bonds. The van der Waals surface area contributed by atoms with Crippen LogP contribution in [0.2, 0.25) is 0 Å². The maximum absolute atomic E-state index is 2.45. The zero-order valence-electron chi connectivity index (χ0n) is 23.5. The van der Waals surface area contributed by atoms with Gasteiger partial charge in [-0.25, -0.2) is 0 Å². The molecule has 0 bridgehead atoms. The van der Waals surface area contributed by atoms with E-state index < -0.39 is 0 Å². The highest BCUT2D eigenvalue weighted by atomic mass is 15.1. The standard InChI is InChI=1S/C39H35N/c1-28-25-34(31-13-7-4-8-14-31)19-22-37(28)40(38-23-20-35(26-29(38)2)32-15-9-5-10-16-32)39-24-21-36(27-30(39)3)33-17-11-6-12-18-33/h4-17,19-27,33H,18H2,1-3H3/t33-/m0/s1. The van der Waals surface area contributed by atoms with Crippen molar-refractivity contribution < 1.29 is 0 Å². The van der Waals surface area contributed by atoms with E-state index in [4.69, 9.17) is 0 Å². The van der Waals surface area contributed by atoms with Gasteiger partial charge in [0.1, 0.15) is 0 Å². The van der Waals surface area contributed by atoms with E-state index in [9.17, 15) is 0 Å². The molecular weight excluding hydrogens is 482 g/mol. The molecule has 1 nitrogen and oxygen atoms in total. The van der Waals surface area contributed by atoms with Gasteiger partial charge in [-0.2, -0.15) is 0 Å². The Labute approximate surface area is 238 Å². The molecule has 0 unspecified atom stereocenters. The van der Waals surface area contributed by atoms with Gasteiger partial charge in [-0.1, -0.05) is 109 Å². The lowest BCUT2D eigenvalue weighted by atomic mass is 9.91. The van der Waals surface area contributed by atoms with E-state index in [2.05, 4.69) is 165 Å². The first-order valence-corrected chi connectivity index (χ1v) is 14.1. The smallest absolute Gasteiger partial charge is 0.0491 e. The Balaban J connectivity index is 1.47. The summed E-state index contributed by atoms with van der Waals surface area (Å²) < 4.78 is 0. The highest BCUT2D eigenvalue weighted by Gasteiger charge is 2.20. The highest BCUT2D eigenvalue weighted by molar-refractivity contribution is 5.84. The SMILES string of the molecule is Cc1cc(-c2ccccc2)ccc1N(c1ccc(-c2ccccc2)cc1C)c1ccc([C@H]2C=CC=CC2)cc1C. The molecular formula is C39H35N. The van der Waals surface area contributed by atoms with Gasteiger partial charge in [0.25, 0.3) is 0 Å². The van der Waals surface area contributed by atoms with Crippen molar-refractivity contribution in [3.63, 3.8) is 0 Å². The highest BCUT2D eigenvalue weighted by Crippen LogP contribution is 2.42. The first-order chi connectivity index (χ1) is 19.6. The Bertz CT molecular complexity index is 1600. The Hall–Kier alpha value is -4.62. The first kappa shape index (κ1) is 25.6. The van der Waals surface area contributed by atoms with E-state index in [0.717, 1.165) is 6.42 Å². The maximum Gasteiger partial charge on any atom is 0.0491 e. The molecule has 0 aromatic heterocycles. The molecule has 0 saturated carbocycles. The van der Waals surface area contributed by atoms with E-state index in [0.29, 0.717) is 5.92 Å².